The van der Waals surface area contributed by atoms with Crippen LogP contribution >= 0.6 is 39.1 Å². The van der Waals surface area contributed by atoms with Gasteiger partial charge in [-0.15, -0.1) is 33.4 Å². The summed E-state index contributed by atoms with van der Waals surface area (Å²) in [6.07, 6.45) is 0. The van der Waals surface area contributed by atoms with Crippen molar-refractivity contribution in [3.63, 3.8) is 0 Å². The average molecular weight is 548 g/mol. The largest absolute Gasteiger partial charge is 0.369 e. The molecule has 0 saturated heterocycles. The summed E-state index contributed by atoms with van der Waals surface area (Å²) >= 11 is 14.8. The molecule has 0 heterocycles. The van der Waals surface area contributed by atoms with E-state index in [1.165, 1.54) is 6.92 Å². The Morgan fingerprint density at radius 2 is 1.75 bits per heavy atom. The van der Waals surface area contributed by atoms with Crippen molar-refractivity contribution in [2.24, 2.45) is 10.2 Å². The number of amides is 1. The molecule has 0 aliphatic carbocycles. The molecule has 2 aromatic rings. The Bertz CT molecular complexity index is 1060. The number of non-ortho nitro benzene ring substituents is 1. The molecule has 0 radical (unpaired) electrons. The molecule has 1 N–H and O–H groups in total. The number of hydrogen-bond acceptors (Lipinski definition) is 8. The van der Waals surface area contributed by atoms with Gasteiger partial charge < -0.3 is 10.2 Å². The summed E-state index contributed by atoms with van der Waals surface area (Å²) in [5.74, 6) is 0.374. The zero-order chi connectivity index (χ0) is 23.8. The van der Waals surface area contributed by atoms with Crippen LogP contribution in [0.1, 0.15) is 6.92 Å². The maximum atomic E-state index is 11.7. The summed E-state index contributed by atoms with van der Waals surface area (Å²) in [5, 5.41) is 33.0. The van der Waals surface area contributed by atoms with Gasteiger partial charge >= 0.3 is 5.69 Å². The molecule has 32 heavy (non-hydrogen) atoms. The standard InChI is InChI=1S/C18H17BrCl2N6O5/c1-11(28)22-16-9-12(25(6-4-20)7-5-21)2-3-15(16)23-24-18-14(19)8-13(26(29)30)10-17(18)27(31)32/h2-3,8-10H,4-7H2,1H3,(H,22,28). The molecule has 0 atom stereocenters. The second-order valence-electron chi connectivity index (χ2n) is 6.26. The molecule has 0 fully saturated rings. The molecule has 0 unspecified atom stereocenters. The first-order valence-corrected chi connectivity index (χ1v) is 10.9. The third-order valence-corrected chi connectivity index (χ3v) is 5.00. The monoisotopic (exact) mass is 546 g/mol. The number of hydrogen-bond donors (Lipinski definition) is 1. The number of anilines is 2. The summed E-state index contributed by atoms with van der Waals surface area (Å²) < 4.78 is 0.0234. The van der Waals surface area contributed by atoms with E-state index >= 15 is 0 Å². The van der Waals surface area contributed by atoms with Gasteiger partial charge in [-0.1, -0.05) is 0 Å². The number of nitro benzene ring substituents is 2. The van der Waals surface area contributed by atoms with Crippen molar-refractivity contribution in [3.8, 4) is 0 Å². The Labute approximate surface area is 200 Å². The van der Waals surface area contributed by atoms with Crippen LogP contribution < -0.4 is 10.2 Å². The Balaban J connectivity index is 2.53. The van der Waals surface area contributed by atoms with Gasteiger partial charge in [0.2, 0.25) is 5.91 Å². The Kier molecular flexibility index (Phi) is 9.29. The number of carbonyl (C=O) groups excluding carboxylic acids is 1. The summed E-state index contributed by atoms with van der Waals surface area (Å²) in [6.45, 7) is 2.37. The lowest BCUT2D eigenvalue weighted by atomic mass is 10.2. The van der Waals surface area contributed by atoms with E-state index < -0.39 is 21.2 Å². The van der Waals surface area contributed by atoms with Crippen LogP contribution in [0.3, 0.4) is 0 Å². The zero-order valence-corrected chi connectivity index (χ0v) is 19.7. The van der Waals surface area contributed by atoms with E-state index in [2.05, 4.69) is 31.5 Å². The first-order valence-electron chi connectivity index (χ1n) is 9.00. The minimum Gasteiger partial charge on any atom is -0.369 e. The summed E-state index contributed by atoms with van der Waals surface area (Å²) in [4.78, 5) is 34.4. The number of azo groups is 1. The smallest absolute Gasteiger partial charge is 0.304 e. The molecular weight excluding hydrogens is 531 g/mol. The van der Waals surface area contributed by atoms with Crippen LogP contribution in [0.25, 0.3) is 0 Å². The number of halogens is 3. The summed E-state index contributed by atoms with van der Waals surface area (Å²) in [6, 6.07) is 6.85. The molecule has 170 valence electrons. The second kappa shape index (κ2) is 11.7. The van der Waals surface area contributed by atoms with Crippen LogP contribution in [0.15, 0.2) is 45.0 Å². The number of alkyl halides is 2. The number of rotatable bonds is 10. The maximum Gasteiger partial charge on any atom is 0.304 e. The van der Waals surface area contributed by atoms with Crippen molar-refractivity contribution in [2.75, 3.05) is 35.1 Å². The molecule has 14 heteroatoms. The molecule has 0 saturated carbocycles. The van der Waals surface area contributed by atoms with E-state index in [0.717, 1.165) is 17.8 Å². The Morgan fingerprint density at radius 3 is 2.28 bits per heavy atom. The van der Waals surface area contributed by atoms with Gasteiger partial charge in [0.05, 0.1) is 26.1 Å². The van der Waals surface area contributed by atoms with Crippen molar-refractivity contribution in [1.82, 2.24) is 0 Å². The third kappa shape index (κ3) is 6.58. The van der Waals surface area contributed by atoms with Crippen molar-refractivity contribution in [2.45, 2.75) is 6.92 Å². The fraction of sp³-hybridized carbons (Fsp3) is 0.278. The van der Waals surface area contributed by atoms with Crippen LogP contribution in [0.4, 0.5) is 34.1 Å². The van der Waals surface area contributed by atoms with Gasteiger partial charge in [-0.05, 0) is 34.1 Å². The van der Waals surface area contributed by atoms with Gasteiger partial charge in [0.1, 0.15) is 5.69 Å². The fourth-order valence-electron chi connectivity index (χ4n) is 2.69. The first-order chi connectivity index (χ1) is 15.2. The van der Waals surface area contributed by atoms with E-state index in [9.17, 15) is 25.0 Å². The van der Waals surface area contributed by atoms with Gasteiger partial charge in [-0.3, -0.25) is 25.0 Å². The Morgan fingerprint density at radius 1 is 1.09 bits per heavy atom. The maximum absolute atomic E-state index is 11.7. The molecule has 0 bridgehead atoms. The summed E-state index contributed by atoms with van der Waals surface area (Å²) in [7, 11) is 0. The molecule has 2 rings (SSSR count). The highest BCUT2D eigenvalue weighted by atomic mass is 79.9. The first kappa shape index (κ1) is 25.4. The van der Waals surface area contributed by atoms with E-state index in [0.29, 0.717) is 30.5 Å². The molecular formula is C18H17BrCl2N6O5. The minimum atomic E-state index is -0.792. The van der Waals surface area contributed by atoms with Crippen LogP contribution in [-0.2, 0) is 4.79 Å². The number of nitro groups is 2. The zero-order valence-electron chi connectivity index (χ0n) is 16.6. The van der Waals surface area contributed by atoms with Crippen LogP contribution in [0.5, 0.6) is 0 Å². The van der Waals surface area contributed by atoms with Gasteiger partial charge in [0.15, 0.2) is 5.69 Å². The highest BCUT2D eigenvalue weighted by Crippen LogP contribution is 2.40. The molecule has 0 spiro atoms. The van der Waals surface area contributed by atoms with E-state index in [1.54, 1.807) is 18.2 Å². The van der Waals surface area contributed by atoms with Crippen LogP contribution in [0, 0.1) is 20.2 Å². The lowest BCUT2D eigenvalue weighted by Gasteiger charge is -2.23. The molecule has 0 aliphatic heterocycles. The van der Waals surface area contributed by atoms with E-state index in [1.807, 2.05) is 4.90 Å². The van der Waals surface area contributed by atoms with Crippen molar-refractivity contribution >= 4 is 79.2 Å². The number of benzene rings is 2. The lowest BCUT2D eigenvalue weighted by Crippen LogP contribution is -2.27. The quantitative estimate of drug-likeness (QED) is 0.169. The summed E-state index contributed by atoms with van der Waals surface area (Å²) in [5.41, 5.74) is 0.00189. The fourth-order valence-corrected chi connectivity index (χ4v) is 3.61. The molecule has 11 nitrogen and oxygen atoms in total. The topological polar surface area (TPSA) is 143 Å². The van der Waals surface area contributed by atoms with Gasteiger partial charge in [0, 0.05) is 43.5 Å². The SMILES string of the molecule is CC(=O)Nc1cc(N(CCCl)CCCl)ccc1N=Nc1c(Br)cc([N+](=O)[O-])cc1[N+](=O)[O-]. The van der Waals surface area contributed by atoms with E-state index in [-0.39, 0.29) is 21.8 Å². The average Bonchev–Trinajstić information content (AvgIpc) is 2.72. The Hall–Kier alpha value is -2.83. The second-order valence-corrected chi connectivity index (χ2v) is 7.87. The highest BCUT2D eigenvalue weighted by Gasteiger charge is 2.23. The number of nitrogens with zero attached hydrogens (tertiary/aromatic N) is 5. The van der Waals surface area contributed by atoms with E-state index in [4.69, 9.17) is 23.2 Å². The molecule has 0 aromatic heterocycles. The molecule has 2 aromatic carbocycles. The van der Waals surface area contributed by atoms with Crippen molar-refractivity contribution in [1.29, 1.82) is 0 Å². The third-order valence-electron chi connectivity index (χ3n) is 4.06. The minimum absolute atomic E-state index is 0.0234. The van der Waals surface area contributed by atoms with Gasteiger partial charge in [-0.2, -0.15) is 0 Å². The van der Waals surface area contributed by atoms with Crippen LogP contribution in [0.2, 0.25) is 0 Å². The normalized spacial score (nSPS) is 10.9. The van der Waals surface area contributed by atoms with Gasteiger partial charge in [0.25, 0.3) is 5.69 Å². The number of nitrogens with one attached hydrogen (secondary N) is 1. The predicted octanol–water partition coefficient (Wildman–Crippen LogP) is 5.92. The lowest BCUT2D eigenvalue weighted by molar-refractivity contribution is -0.393. The highest BCUT2D eigenvalue weighted by molar-refractivity contribution is 9.10. The molecule has 0 aliphatic rings. The van der Waals surface area contributed by atoms with Crippen LogP contribution in [-0.4, -0.2) is 40.6 Å². The molecule has 1 amide bonds. The van der Waals surface area contributed by atoms with Crippen molar-refractivity contribution in [3.05, 3.63) is 55.0 Å². The van der Waals surface area contributed by atoms with Gasteiger partial charge in [-0.25, -0.2) is 0 Å². The predicted molar refractivity (Wildman–Crippen MR) is 126 cm³/mol. The number of carbonyl (C=O) groups is 1. The van der Waals surface area contributed by atoms with Crippen molar-refractivity contribution < 1.29 is 14.6 Å².